The SMILES string of the molecule is CCCOc1ccc(C(=O)N2CCC(c3cc[nH]c(=O)c3)CC2)cc1Cl. The summed E-state index contributed by atoms with van der Waals surface area (Å²) in [6.07, 6.45) is 4.28. The summed E-state index contributed by atoms with van der Waals surface area (Å²) in [5.74, 6) is 0.908. The van der Waals surface area contributed by atoms with Crippen LogP contribution in [0.4, 0.5) is 0 Å². The minimum absolute atomic E-state index is 0.0155. The normalized spacial score (nSPS) is 15.1. The molecule has 0 bridgehead atoms. The number of amides is 1. The number of nitrogens with zero attached hydrogens (tertiary/aromatic N) is 1. The molecule has 0 aliphatic carbocycles. The van der Waals surface area contributed by atoms with Crippen molar-refractivity contribution in [1.82, 2.24) is 9.88 Å². The number of benzene rings is 1. The molecule has 1 saturated heterocycles. The minimum atomic E-state index is -0.0824. The second kappa shape index (κ2) is 8.41. The Balaban J connectivity index is 1.63. The fourth-order valence-corrected chi connectivity index (χ4v) is 3.51. The number of pyridine rings is 1. The lowest BCUT2D eigenvalue weighted by molar-refractivity contribution is 0.0713. The maximum Gasteiger partial charge on any atom is 0.253 e. The topological polar surface area (TPSA) is 62.4 Å². The first kappa shape index (κ1) is 18.5. The van der Waals surface area contributed by atoms with Gasteiger partial charge in [-0.25, -0.2) is 0 Å². The van der Waals surface area contributed by atoms with Gasteiger partial charge in [-0.3, -0.25) is 9.59 Å². The van der Waals surface area contributed by atoms with E-state index in [-0.39, 0.29) is 11.5 Å². The predicted molar refractivity (Wildman–Crippen MR) is 102 cm³/mol. The van der Waals surface area contributed by atoms with E-state index in [9.17, 15) is 9.59 Å². The number of halogens is 1. The van der Waals surface area contributed by atoms with Crippen molar-refractivity contribution in [2.75, 3.05) is 19.7 Å². The summed E-state index contributed by atoms with van der Waals surface area (Å²) in [5, 5.41) is 0.461. The molecule has 0 spiro atoms. The van der Waals surface area contributed by atoms with Crippen molar-refractivity contribution in [3.05, 3.63) is 63.0 Å². The Kier molecular flexibility index (Phi) is 5.99. The van der Waals surface area contributed by atoms with Crippen molar-refractivity contribution in [1.29, 1.82) is 0 Å². The van der Waals surface area contributed by atoms with Crippen molar-refractivity contribution in [3.63, 3.8) is 0 Å². The average molecular weight is 375 g/mol. The highest BCUT2D eigenvalue weighted by Gasteiger charge is 2.25. The molecular formula is C20H23ClN2O3. The van der Waals surface area contributed by atoms with E-state index in [2.05, 4.69) is 4.98 Å². The molecular weight excluding hydrogens is 352 g/mol. The van der Waals surface area contributed by atoms with Gasteiger partial charge in [0.15, 0.2) is 0 Å². The summed E-state index contributed by atoms with van der Waals surface area (Å²) in [5.41, 5.74) is 1.54. The third kappa shape index (κ3) is 4.28. The monoisotopic (exact) mass is 374 g/mol. The number of carbonyl (C=O) groups excluding carboxylic acids is 1. The van der Waals surface area contributed by atoms with E-state index >= 15 is 0 Å². The number of likely N-dealkylation sites (tertiary alicyclic amines) is 1. The van der Waals surface area contributed by atoms with Crippen LogP contribution in [-0.2, 0) is 0 Å². The third-order valence-electron chi connectivity index (χ3n) is 4.69. The van der Waals surface area contributed by atoms with E-state index < -0.39 is 0 Å². The molecule has 3 rings (SSSR count). The first-order valence-corrected chi connectivity index (χ1v) is 9.36. The summed E-state index contributed by atoms with van der Waals surface area (Å²) in [6.45, 7) is 3.97. The lowest BCUT2D eigenvalue weighted by atomic mass is 9.90. The molecule has 1 aromatic carbocycles. The van der Waals surface area contributed by atoms with Crippen LogP contribution in [0.15, 0.2) is 41.3 Å². The highest BCUT2D eigenvalue weighted by molar-refractivity contribution is 6.32. The molecule has 0 unspecified atom stereocenters. The molecule has 26 heavy (non-hydrogen) atoms. The molecule has 1 amide bonds. The largest absolute Gasteiger partial charge is 0.492 e. The number of nitrogens with one attached hydrogen (secondary N) is 1. The number of piperidine rings is 1. The highest BCUT2D eigenvalue weighted by atomic mass is 35.5. The van der Waals surface area contributed by atoms with Crippen LogP contribution in [0.25, 0.3) is 0 Å². The van der Waals surface area contributed by atoms with Gasteiger partial charge in [0.25, 0.3) is 5.91 Å². The van der Waals surface area contributed by atoms with Crippen LogP contribution >= 0.6 is 11.6 Å². The van der Waals surface area contributed by atoms with Crippen LogP contribution in [0.2, 0.25) is 5.02 Å². The van der Waals surface area contributed by atoms with E-state index in [1.165, 1.54) is 0 Å². The molecule has 0 saturated carbocycles. The van der Waals surface area contributed by atoms with E-state index in [4.69, 9.17) is 16.3 Å². The standard InChI is InChI=1S/C20H23ClN2O3/c1-2-11-26-18-4-3-16(12-17(18)21)20(25)23-9-6-14(7-10-23)15-5-8-22-19(24)13-15/h3-5,8,12-14H,2,6-7,9-11H2,1H3,(H,22,24). The van der Waals surface area contributed by atoms with Gasteiger partial charge in [0, 0.05) is 30.9 Å². The average Bonchev–Trinajstić information content (AvgIpc) is 2.66. The van der Waals surface area contributed by atoms with Gasteiger partial charge in [0.05, 0.1) is 11.6 Å². The van der Waals surface area contributed by atoms with Gasteiger partial charge in [-0.1, -0.05) is 18.5 Å². The molecule has 1 fully saturated rings. The Morgan fingerprint density at radius 3 is 2.69 bits per heavy atom. The van der Waals surface area contributed by atoms with Crippen LogP contribution in [0, 0.1) is 0 Å². The van der Waals surface area contributed by atoms with Gasteiger partial charge in [0.1, 0.15) is 5.75 Å². The Labute approximate surface area is 157 Å². The van der Waals surface area contributed by atoms with Crippen LogP contribution < -0.4 is 10.3 Å². The fraction of sp³-hybridized carbons (Fsp3) is 0.400. The lowest BCUT2D eigenvalue weighted by Gasteiger charge is -2.32. The van der Waals surface area contributed by atoms with E-state index in [0.717, 1.165) is 24.8 Å². The van der Waals surface area contributed by atoms with E-state index in [0.29, 0.717) is 41.9 Å². The Bertz CT molecular complexity index is 826. The van der Waals surface area contributed by atoms with Crippen LogP contribution in [-0.4, -0.2) is 35.5 Å². The molecule has 5 nitrogen and oxygen atoms in total. The zero-order valence-electron chi connectivity index (χ0n) is 14.8. The maximum atomic E-state index is 12.7. The third-order valence-corrected chi connectivity index (χ3v) is 4.99. The molecule has 2 heterocycles. The number of rotatable bonds is 5. The summed E-state index contributed by atoms with van der Waals surface area (Å²) in [4.78, 5) is 28.7. The van der Waals surface area contributed by atoms with Gasteiger partial charge in [-0.15, -0.1) is 0 Å². The minimum Gasteiger partial charge on any atom is -0.492 e. The van der Waals surface area contributed by atoms with Crippen molar-refractivity contribution < 1.29 is 9.53 Å². The Hall–Kier alpha value is -2.27. The van der Waals surface area contributed by atoms with Crippen molar-refractivity contribution >= 4 is 17.5 Å². The number of hydrogen-bond acceptors (Lipinski definition) is 3. The first-order chi connectivity index (χ1) is 12.6. The number of hydrogen-bond donors (Lipinski definition) is 1. The molecule has 1 aliphatic rings. The van der Waals surface area contributed by atoms with Crippen LogP contribution in [0.1, 0.15) is 48.0 Å². The molecule has 1 aliphatic heterocycles. The quantitative estimate of drug-likeness (QED) is 0.864. The van der Waals surface area contributed by atoms with Crippen LogP contribution in [0.3, 0.4) is 0 Å². The van der Waals surface area contributed by atoms with Gasteiger partial charge in [0.2, 0.25) is 5.56 Å². The maximum absolute atomic E-state index is 12.7. The summed E-state index contributed by atoms with van der Waals surface area (Å²) in [6, 6.07) is 8.79. The smallest absolute Gasteiger partial charge is 0.253 e. The van der Waals surface area contributed by atoms with Gasteiger partial charge in [-0.05, 0) is 55.0 Å². The lowest BCUT2D eigenvalue weighted by Crippen LogP contribution is -2.38. The molecule has 1 aromatic heterocycles. The molecule has 2 aromatic rings. The first-order valence-electron chi connectivity index (χ1n) is 8.98. The number of aromatic amines is 1. The molecule has 6 heteroatoms. The van der Waals surface area contributed by atoms with Crippen LogP contribution in [0.5, 0.6) is 5.75 Å². The van der Waals surface area contributed by atoms with E-state index in [1.807, 2.05) is 17.9 Å². The number of aromatic nitrogens is 1. The molecule has 138 valence electrons. The van der Waals surface area contributed by atoms with Crippen molar-refractivity contribution in [2.24, 2.45) is 0 Å². The van der Waals surface area contributed by atoms with Gasteiger partial charge >= 0.3 is 0 Å². The summed E-state index contributed by atoms with van der Waals surface area (Å²) < 4.78 is 5.55. The molecule has 1 N–H and O–H groups in total. The Morgan fingerprint density at radius 1 is 1.27 bits per heavy atom. The molecule has 0 atom stereocenters. The second-order valence-electron chi connectivity index (χ2n) is 6.55. The van der Waals surface area contributed by atoms with E-state index in [1.54, 1.807) is 30.5 Å². The fourth-order valence-electron chi connectivity index (χ4n) is 3.28. The molecule has 0 radical (unpaired) electrons. The van der Waals surface area contributed by atoms with Crippen molar-refractivity contribution in [2.45, 2.75) is 32.1 Å². The highest BCUT2D eigenvalue weighted by Crippen LogP contribution is 2.29. The number of H-pyrrole nitrogens is 1. The van der Waals surface area contributed by atoms with Gasteiger partial charge < -0.3 is 14.6 Å². The van der Waals surface area contributed by atoms with Crippen molar-refractivity contribution in [3.8, 4) is 5.75 Å². The predicted octanol–water partition coefficient (Wildman–Crippen LogP) is 3.84. The number of carbonyl (C=O) groups is 1. The second-order valence-corrected chi connectivity index (χ2v) is 6.95. The Morgan fingerprint density at radius 2 is 2.04 bits per heavy atom. The van der Waals surface area contributed by atoms with Gasteiger partial charge in [-0.2, -0.15) is 0 Å². The zero-order valence-corrected chi connectivity index (χ0v) is 15.6. The summed E-state index contributed by atoms with van der Waals surface area (Å²) in [7, 11) is 0. The summed E-state index contributed by atoms with van der Waals surface area (Å²) >= 11 is 6.24. The zero-order chi connectivity index (χ0) is 18.5. The number of ether oxygens (including phenoxy) is 1.